The molecule has 1 amide bonds. The smallest absolute Gasteiger partial charge is 0.224 e. The molecule has 0 bridgehead atoms. The van der Waals surface area contributed by atoms with Crippen molar-refractivity contribution in [3.63, 3.8) is 0 Å². The number of amides is 1. The van der Waals surface area contributed by atoms with E-state index in [0.717, 1.165) is 21.3 Å². The van der Waals surface area contributed by atoms with E-state index in [4.69, 9.17) is 4.42 Å². The molecule has 1 aliphatic heterocycles. The highest BCUT2D eigenvalue weighted by Gasteiger charge is 2.44. The summed E-state index contributed by atoms with van der Waals surface area (Å²) in [5, 5.41) is 0. The molecule has 142 valence electrons. The van der Waals surface area contributed by atoms with Crippen LogP contribution in [0.3, 0.4) is 0 Å². The van der Waals surface area contributed by atoms with Crippen LogP contribution in [0, 0.1) is 6.92 Å². The molecule has 0 spiro atoms. The first-order chi connectivity index (χ1) is 13.4. The first-order valence-electron chi connectivity index (χ1n) is 9.14. The normalized spacial score (nSPS) is 18.2. The van der Waals surface area contributed by atoms with Crippen molar-refractivity contribution in [1.29, 1.82) is 0 Å². The summed E-state index contributed by atoms with van der Waals surface area (Å²) in [6.45, 7) is 4.93. The molecule has 0 aliphatic carbocycles. The molecule has 2 heterocycles. The van der Waals surface area contributed by atoms with Crippen molar-refractivity contribution in [3.05, 3.63) is 87.3 Å². The molecular weight excluding hydrogens is 418 g/mol. The Morgan fingerprint density at radius 3 is 2.32 bits per heavy atom. The van der Waals surface area contributed by atoms with Gasteiger partial charge >= 0.3 is 0 Å². The summed E-state index contributed by atoms with van der Waals surface area (Å²) in [7, 11) is 0. The minimum atomic E-state index is -0.242. The minimum absolute atomic E-state index is 0.0256. The van der Waals surface area contributed by atoms with Gasteiger partial charge in [-0.25, -0.2) is 0 Å². The van der Waals surface area contributed by atoms with E-state index < -0.39 is 0 Å². The number of hydrogen-bond donors (Lipinski definition) is 0. The Hall–Kier alpha value is -2.66. The molecule has 4 nitrogen and oxygen atoms in total. The monoisotopic (exact) mass is 437 g/mol. The Labute approximate surface area is 172 Å². The minimum Gasteiger partial charge on any atom is -0.465 e. The average Bonchev–Trinajstić information content (AvgIpc) is 3.20. The fourth-order valence-electron chi connectivity index (χ4n) is 4.12. The van der Waals surface area contributed by atoms with E-state index >= 15 is 0 Å². The molecule has 28 heavy (non-hydrogen) atoms. The molecule has 0 saturated carbocycles. The van der Waals surface area contributed by atoms with E-state index in [-0.39, 0.29) is 23.7 Å². The van der Waals surface area contributed by atoms with Crippen LogP contribution >= 0.6 is 15.9 Å². The van der Waals surface area contributed by atoms with Crippen molar-refractivity contribution >= 4 is 33.3 Å². The van der Waals surface area contributed by atoms with Crippen molar-refractivity contribution in [3.8, 4) is 0 Å². The van der Waals surface area contributed by atoms with E-state index in [1.165, 1.54) is 6.92 Å². The molecule has 5 heteroatoms. The number of aryl methyl sites for hydroxylation is 1. The van der Waals surface area contributed by atoms with Gasteiger partial charge in [0, 0.05) is 17.1 Å². The summed E-state index contributed by atoms with van der Waals surface area (Å²) in [5.41, 5.74) is 3.50. The second-order valence-electron chi connectivity index (χ2n) is 7.10. The number of nitrogens with zero attached hydrogens (tertiary/aromatic N) is 1. The highest BCUT2D eigenvalue weighted by atomic mass is 79.9. The number of para-hydroxylation sites is 1. The van der Waals surface area contributed by atoms with Gasteiger partial charge in [-0.05, 0) is 49.2 Å². The number of halogens is 1. The fraction of sp³-hybridized carbons (Fsp3) is 0.217. The quantitative estimate of drug-likeness (QED) is 0.486. The second-order valence-corrected chi connectivity index (χ2v) is 8.01. The summed E-state index contributed by atoms with van der Waals surface area (Å²) in [6.07, 6.45) is 0. The lowest BCUT2D eigenvalue weighted by atomic mass is 9.88. The van der Waals surface area contributed by atoms with Crippen molar-refractivity contribution in [1.82, 2.24) is 0 Å². The van der Waals surface area contributed by atoms with Gasteiger partial charge in [-0.3, -0.25) is 9.59 Å². The van der Waals surface area contributed by atoms with E-state index in [2.05, 4.69) is 15.9 Å². The van der Waals surface area contributed by atoms with Gasteiger partial charge in [0.1, 0.15) is 11.5 Å². The lowest BCUT2D eigenvalue weighted by molar-refractivity contribution is -0.117. The molecule has 1 aliphatic rings. The average molecular weight is 438 g/mol. The zero-order valence-electron chi connectivity index (χ0n) is 15.9. The third kappa shape index (κ3) is 3.00. The van der Waals surface area contributed by atoms with E-state index in [9.17, 15) is 9.59 Å². The zero-order valence-corrected chi connectivity index (χ0v) is 17.5. The maximum atomic E-state index is 12.6. The Morgan fingerprint density at radius 2 is 1.71 bits per heavy atom. The number of furan rings is 1. The van der Waals surface area contributed by atoms with E-state index in [0.29, 0.717) is 17.1 Å². The molecule has 0 N–H and O–H groups in total. The molecular formula is C23H20BrNO3. The van der Waals surface area contributed by atoms with Gasteiger partial charge in [0.15, 0.2) is 5.78 Å². The highest BCUT2D eigenvalue weighted by molar-refractivity contribution is 9.10. The molecule has 0 fully saturated rings. The van der Waals surface area contributed by atoms with Crippen LogP contribution in [0.15, 0.2) is 63.5 Å². The van der Waals surface area contributed by atoms with Crippen LogP contribution in [0.1, 0.15) is 58.8 Å². The Morgan fingerprint density at radius 1 is 1.04 bits per heavy atom. The number of anilines is 1. The number of rotatable bonds is 3. The number of hydrogen-bond acceptors (Lipinski definition) is 3. The Bertz CT molecular complexity index is 1070. The maximum absolute atomic E-state index is 12.6. The van der Waals surface area contributed by atoms with Crippen LogP contribution < -0.4 is 4.90 Å². The molecule has 0 unspecified atom stereocenters. The molecule has 4 rings (SSSR count). The van der Waals surface area contributed by atoms with Gasteiger partial charge in [-0.1, -0.05) is 46.3 Å². The van der Waals surface area contributed by atoms with Crippen LogP contribution in [0.25, 0.3) is 0 Å². The summed E-state index contributed by atoms with van der Waals surface area (Å²) >= 11 is 3.48. The van der Waals surface area contributed by atoms with Gasteiger partial charge in [-0.15, -0.1) is 0 Å². The lowest BCUT2D eigenvalue weighted by Gasteiger charge is -2.28. The third-order valence-electron chi connectivity index (χ3n) is 5.30. The van der Waals surface area contributed by atoms with Gasteiger partial charge in [-0.2, -0.15) is 0 Å². The summed E-state index contributed by atoms with van der Waals surface area (Å²) < 4.78 is 7.03. The fourth-order valence-corrected chi connectivity index (χ4v) is 4.39. The van der Waals surface area contributed by atoms with Crippen molar-refractivity contribution in [2.75, 3.05) is 4.90 Å². The van der Waals surface area contributed by atoms with Crippen LogP contribution in [-0.4, -0.2) is 11.7 Å². The molecule has 2 aromatic carbocycles. The standard InChI is InChI=1S/C23H20BrNO3/c1-13(26)19-12-21(28-14(19)2)22-18-6-4-5-7-20(18)25(15(3)27)23(22)16-8-10-17(24)11-9-16/h4-12,22-23H,1-3H3/t22-,23+/m1/s1. The van der Waals surface area contributed by atoms with Crippen LogP contribution in [0.4, 0.5) is 5.69 Å². The van der Waals surface area contributed by atoms with Crippen LogP contribution in [-0.2, 0) is 4.79 Å². The van der Waals surface area contributed by atoms with E-state index in [1.54, 1.807) is 13.8 Å². The van der Waals surface area contributed by atoms with Gasteiger partial charge in [0.25, 0.3) is 0 Å². The van der Waals surface area contributed by atoms with Gasteiger partial charge in [0.05, 0.1) is 17.5 Å². The summed E-state index contributed by atoms with van der Waals surface area (Å²) in [6, 6.07) is 17.5. The zero-order chi connectivity index (χ0) is 20.0. The largest absolute Gasteiger partial charge is 0.465 e. The van der Waals surface area contributed by atoms with Gasteiger partial charge in [0.2, 0.25) is 5.91 Å². The molecule has 0 saturated heterocycles. The van der Waals surface area contributed by atoms with Crippen LogP contribution in [0.2, 0.25) is 0 Å². The number of carbonyl (C=O) groups excluding carboxylic acids is 2. The summed E-state index contributed by atoms with van der Waals surface area (Å²) in [5.74, 6) is 1.07. The first-order valence-corrected chi connectivity index (χ1v) is 9.93. The molecule has 3 aromatic rings. The predicted octanol–water partition coefficient (Wildman–Crippen LogP) is 5.79. The van der Waals surface area contributed by atoms with Crippen molar-refractivity contribution in [2.24, 2.45) is 0 Å². The number of benzene rings is 2. The van der Waals surface area contributed by atoms with E-state index in [1.807, 2.05) is 59.5 Å². The number of fused-ring (bicyclic) bond motifs is 1. The molecule has 2 atom stereocenters. The third-order valence-corrected chi connectivity index (χ3v) is 5.83. The molecule has 0 radical (unpaired) electrons. The van der Waals surface area contributed by atoms with Gasteiger partial charge < -0.3 is 9.32 Å². The maximum Gasteiger partial charge on any atom is 0.224 e. The second kappa shape index (κ2) is 7.06. The molecule has 1 aromatic heterocycles. The Balaban J connectivity index is 1.94. The topological polar surface area (TPSA) is 50.5 Å². The van der Waals surface area contributed by atoms with Crippen LogP contribution in [0.5, 0.6) is 0 Å². The number of ketones is 1. The van der Waals surface area contributed by atoms with Crippen molar-refractivity contribution < 1.29 is 14.0 Å². The number of Topliss-reactive ketones (excluding diaryl/α,β-unsaturated/α-hetero) is 1. The van der Waals surface area contributed by atoms with Crippen molar-refractivity contribution in [2.45, 2.75) is 32.7 Å². The first kappa shape index (κ1) is 18.7. The number of carbonyl (C=O) groups is 2. The Kier molecular flexibility index (Phi) is 4.71. The highest BCUT2D eigenvalue weighted by Crippen LogP contribution is 2.52. The SMILES string of the molecule is CC(=O)c1cc([C@H]2c3ccccc3N(C(C)=O)[C@H]2c2ccc(Br)cc2)oc1C. The lowest BCUT2D eigenvalue weighted by Crippen LogP contribution is -2.31. The summed E-state index contributed by atoms with van der Waals surface area (Å²) in [4.78, 5) is 26.4. The predicted molar refractivity (Wildman–Crippen MR) is 112 cm³/mol.